The largest absolute Gasteiger partial charge is 0.478 e. The van der Waals surface area contributed by atoms with Gasteiger partial charge in [0.2, 0.25) is 5.96 Å². The van der Waals surface area contributed by atoms with Crippen molar-refractivity contribution in [2.45, 2.75) is 6.61 Å². The normalized spacial score (nSPS) is 13.7. The third-order valence-corrected chi connectivity index (χ3v) is 2.36. The molecule has 5 N–H and O–H groups in total. The number of hydrogen-bond acceptors (Lipinski definition) is 5. The molecule has 0 spiro atoms. The van der Waals surface area contributed by atoms with Crippen LogP contribution < -0.4 is 16.2 Å². The molecule has 0 unspecified atom stereocenters. The van der Waals surface area contributed by atoms with Gasteiger partial charge in [0.15, 0.2) is 6.79 Å². The van der Waals surface area contributed by atoms with Gasteiger partial charge in [-0.25, -0.2) is 4.79 Å². The van der Waals surface area contributed by atoms with Gasteiger partial charge < -0.3 is 26.0 Å². The lowest BCUT2D eigenvalue weighted by Gasteiger charge is -2.19. The SMILES string of the molecule is NC(N)=NN=Cc1cc(C(=O)O)cc2c1OCOC2. The van der Waals surface area contributed by atoms with Crippen molar-refractivity contribution < 1.29 is 19.4 Å². The molecule has 0 aromatic heterocycles. The van der Waals surface area contributed by atoms with Crippen molar-refractivity contribution >= 4 is 18.1 Å². The van der Waals surface area contributed by atoms with Crippen molar-refractivity contribution in [3.8, 4) is 5.75 Å². The van der Waals surface area contributed by atoms with Gasteiger partial charge in [0, 0.05) is 11.1 Å². The number of carbonyl (C=O) groups is 1. The Kier molecular flexibility index (Phi) is 3.62. The summed E-state index contributed by atoms with van der Waals surface area (Å²) < 4.78 is 10.4. The van der Waals surface area contributed by atoms with Crippen LogP contribution in [0, 0.1) is 0 Å². The third-order valence-electron chi connectivity index (χ3n) is 2.36. The summed E-state index contributed by atoms with van der Waals surface area (Å²) in [6, 6.07) is 2.92. The molecule has 1 aromatic rings. The van der Waals surface area contributed by atoms with E-state index in [1.54, 1.807) is 0 Å². The Hall–Kier alpha value is -2.61. The molecule has 8 nitrogen and oxygen atoms in total. The molecular formula is C11H12N4O4. The molecule has 0 atom stereocenters. The van der Waals surface area contributed by atoms with E-state index in [1.165, 1.54) is 18.3 Å². The highest BCUT2D eigenvalue weighted by Gasteiger charge is 2.18. The van der Waals surface area contributed by atoms with Crippen molar-refractivity contribution in [1.29, 1.82) is 0 Å². The lowest BCUT2D eigenvalue weighted by molar-refractivity contribution is -0.0165. The number of nitrogens with zero attached hydrogens (tertiary/aromatic N) is 2. The molecular weight excluding hydrogens is 252 g/mol. The van der Waals surface area contributed by atoms with E-state index in [0.717, 1.165) is 0 Å². The first-order valence-electron chi connectivity index (χ1n) is 5.30. The maximum atomic E-state index is 11.0. The first-order valence-corrected chi connectivity index (χ1v) is 5.30. The van der Waals surface area contributed by atoms with Crippen LogP contribution in [0.3, 0.4) is 0 Å². The van der Waals surface area contributed by atoms with Crippen LogP contribution >= 0.6 is 0 Å². The summed E-state index contributed by atoms with van der Waals surface area (Å²) >= 11 is 0. The third kappa shape index (κ3) is 2.99. The van der Waals surface area contributed by atoms with E-state index < -0.39 is 5.97 Å². The van der Waals surface area contributed by atoms with Gasteiger partial charge in [0.1, 0.15) is 5.75 Å². The van der Waals surface area contributed by atoms with Crippen LogP contribution in [0.15, 0.2) is 22.3 Å². The van der Waals surface area contributed by atoms with Crippen LogP contribution in [0.1, 0.15) is 21.5 Å². The summed E-state index contributed by atoms with van der Waals surface area (Å²) in [6.45, 7) is 0.377. The highest BCUT2D eigenvalue weighted by Crippen LogP contribution is 2.28. The fourth-order valence-electron chi connectivity index (χ4n) is 1.63. The van der Waals surface area contributed by atoms with E-state index in [1.807, 2.05) is 0 Å². The number of carboxylic acid groups (broad SMARTS) is 1. The second kappa shape index (κ2) is 5.36. The molecule has 0 amide bonds. The van der Waals surface area contributed by atoms with Gasteiger partial charge in [-0.3, -0.25) is 0 Å². The predicted molar refractivity (Wildman–Crippen MR) is 67.1 cm³/mol. The first kappa shape index (κ1) is 12.8. The summed E-state index contributed by atoms with van der Waals surface area (Å²) in [6.07, 6.45) is 1.33. The van der Waals surface area contributed by atoms with Crippen LogP contribution in [0.4, 0.5) is 0 Å². The van der Waals surface area contributed by atoms with Crippen LogP contribution in [0.25, 0.3) is 0 Å². The van der Waals surface area contributed by atoms with Gasteiger partial charge in [-0.1, -0.05) is 0 Å². The zero-order valence-electron chi connectivity index (χ0n) is 9.87. The fraction of sp³-hybridized carbons (Fsp3) is 0.182. The minimum absolute atomic E-state index is 0.0998. The molecule has 0 aliphatic carbocycles. The number of rotatable bonds is 3. The fourth-order valence-corrected chi connectivity index (χ4v) is 1.63. The maximum Gasteiger partial charge on any atom is 0.335 e. The number of benzene rings is 1. The summed E-state index contributed by atoms with van der Waals surface area (Å²) in [5, 5.41) is 16.1. The number of nitrogens with two attached hydrogens (primary N) is 2. The Morgan fingerprint density at radius 3 is 2.89 bits per heavy atom. The number of guanidine groups is 1. The van der Waals surface area contributed by atoms with Crippen molar-refractivity contribution in [2.24, 2.45) is 21.7 Å². The van der Waals surface area contributed by atoms with Crippen molar-refractivity contribution in [3.05, 3.63) is 28.8 Å². The van der Waals surface area contributed by atoms with Crippen molar-refractivity contribution in [2.75, 3.05) is 6.79 Å². The molecule has 1 aromatic carbocycles. The van der Waals surface area contributed by atoms with Gasteiger partial charge >= 0.3 is 5.97 Å². The maximum absolute atomic E-state index is 11.0. The molecule has 2 rings (SSSR count). The lowest BCUT2D eigenvalue weighted by Crippen LogP contribution is -2.21. The Morgan fingerprint density at radius 2 is 2.21 bits per heavy atom. The molecule has 1 aliphatic heterocycles. The molecule has 0 saturated carbocycles. The Morgan fingerprint density at radius 1 is 1.42 bits per heavy atom. The molecule has 0 bridgehead atoms. The van der Waals surface area contributed by atoms with Crippen molar-refractivity contribution in [1.82, 2.24) is 0 Å². The molecule has 0 fully saturated rings. The van der Waals surface area contributed by atoms with E-state index in [-0.39, 0.29) is 24.9 Å². The van der Waals surface area contributed by atoms with E-state index in [2.05, 4.69) is 10.2 Å². The van der Waals surface area contributed by atoms with E-state index in [9.17, 15) is 4.79 Å². The van der Waals surface area contributed by atoms with E-state index in [0.29, 0.717) is 16.9 Å². The zero-order chi connectivity index (χ0) is 13.8. The summed E-state index contributed by atoms with van der Waals surface area (Å²) in [4.78, 5) is 11.0. The average molecular weight is 264 g/mol. The predicted octanol–water partition coefficient (Wildman–Crippen LogP) is -0.141. The van der Waals surface area contributed by atoms with Gasteiger partial charge in [-0.2, -0.15) is 5.10 Å². The number of carboxylic acids is 1. The quantitative estimate of drug-likeness (QED) is 0.395. The molecule has 100 valence electrons. The smallest absolute Gasteiger partial charge is 0.335 e. The van der Waals surface area contributed by atoms with Crippen LogP contribution in [-0.2, 0) is 11.3 Å². The van der Waals surface area contributed by atoms with E-state index >= 15 is 0 Å². The van der Waals surface area contributed by atoms with Gasteiger partial charge in [0.25, 0.3) is 0 Å². The lowest BCUT2D eigenvalue weighted by atomic mass is 10.0. The minimum Gasteiger partial charge on any atom is -0.478 e. The number of aromatic carboxylic acids is 1. The molecule has 0 radical (unpaired) electrons. The number of hydrogen-bond donors (Lipinski definition) is 3. The van der Waals surface area contributed by atoms with E-state index in [4.69, 9.17) is 26.0 Å². The molecule has 8 heteroatoms. The average Bonchev–Trinajstić information content (AvgIpc) is 2.38. The highest BCUT2D eigenvalue weighted by atomic mass is 16.7. The molecule has 1 aliphatic rings. The molecule has 19 heavy (non-hydrogen) atoms. The Labute approximate surface area is 108 Å². The summed E-state index contributed by atoms with van der Waals surface area (Å²) in [5.74, 6) is -0.723. The Balaban J connectivity index is 2.45. The summed E-state index contributed by atoms with van der Waals surface area (Å²) in [7, 11) is 0. The molecule has 1 heterocycles. The number of ether oxygens (including phenoxy) is 2. The van der Waals surface area contributed by atoms with Gasteiger partial charge in [-0.05, 0) is 12.1 Å². The second-order valence-corrected chi connectivity index (χ2v) is 3.74. The van der Waals surface area contributed by atoms with Gasteiger partial charge in [0.05, 0.1) is 18.4 Å². The van der Waals surface area contributed by atoms with Crippen LogP contribution in [-0.4, -0.2) is 30.0 Å². The zero-order valence-corrected chi connectivity index (χ0v) is 9.87. The van der Waals surface area contributed by atoms with Crippen LogP contribution in [0.2, 0.25) is 0 Å². The second-order valence-electron chi connectivity index (χ2n) is 3.74. The monoisotopic (exact) mass is 264 g/mol. The van der Waals surface area contributed by atoms with Crippen LogP contribution in [0.5, 0.6) is 5.75 Å². The standard InChI is InChI=1S/C11H12N4O4/c12-11(13)15-14-3-7-1-6(10(16)17)2-8-4-18-5-19-9(7)8/h1-3H,4-5H2,(H,16,17)(H4,12,13,15). The molecule has 0 saturated heterocycles. The number of fused-ring (bicyclic) bond motifs is 1. The summed E-state index contributed by atoms with van der Waals surface area (Å²) in [5.41, 5.74) is 11.5. The van der Waals surface area contributed by atoms with Gasteiger partial charge in [-0.15, -0.1) is 5.10 Å². The minimum atomic E-state index is -1.05. The van der Waals surface area contributed by atoms with Crippen molar-refractivity contribution in [3.63, 3.8) is 0 Å². The Bertz CT molecular complexity index is 564. The highest BCUT2D eigenvalue weighted by molar-refractivity contribution is 5.93. The first-order chi connectivity index (χ1) is 9.08. The topological polar surface area (TPSA) is 133 Å².